The van der Waals surface area contributed by atoms with E-state index in [9.17, 15) is 13.2 Å². The number of para-hydroxylation sites is 1. The summed E-state index contributed by atoms with van der Waals surface area (Å²) < 4.78 is 28.8. The van der Waals surface area contributed by atoms with Gasteiger partial charge in [-0.25, -0.2) is 8.42 Å². The van der Waals surface area contributed by atoms with Crippen molar-refractivity contribution in [2.45, 2.75) is 24.1 Å². The largest absolute Gasteiger partial charge is 0.300 e. The Labute approximate surface area is 170 Å². The summed E-state index contributed by atoms with van der Waals surface area (Å²) in [5.74, 6) is 0. The van der Waals surface area contributed by atoms with Crippen molar-refractivity contribution in [3.63, 3.8) is 0 Å². The van der Waals surface area contributed by atoms with Crippen molar-refractivity contribution >= 4 is 20.7 Å². The zero-order valence-corrected chi connectivity index (χ0v) is 17.2. The standard InChI is InChI=1S/C23H22N2O3S/c1-5-10-18(6-2)17(4)29(27,28)23-14-22(26)20-15-24-16(3)13-21(20)25(23)19-11-8-7-9-12-19/h5-15,17H,1-2H2,3-4H3/b18-10+. The van der Waals surface area contributed by atoms with Crippen LogP contribution in [0.2, 0.25) is 0 Å². The number of hydrogen-bond donors (Lipinski definition) is 0. The van der Waals surface area contributed by atoms with Crippen LogP contribution >= 0.6 is 0 Å². The molecular formula is C23H22N2O3S. The molecule has 0 radical (unpaired) electrons. The number of rotatable bonds is 6. The minimum absolute atomic E-state index is 0.0730. The van der Waals surface area contributed by atoms with E-state index in [1.165, 1.54) is 24.4 Å². The summed E-state index contributed by atoms with van der Waals surface area (Å²) in [6, 6.07) is 12.0. The lowest BCUT2D eigenvalue weighted by molar-refractivity contribution is 0.583. The Hall–Kier alpha value is -3.25. The van der Waals surface area contributed by atoms with E-state index in [1.54, 1.807) is 42.7 Å². The Morgan fingerprint density at radius 1 is 1.17 bits per heavy atom. The van der Waals surface area contributed by atoms with Crippen LogP contribution in [0.15, 0.2) is 95.4 Å². The van der Waals surface area contributed by atoms with Gasteiger partial charge in [-0.1, -0.05) is 49.6 Å². The Kier molecular flexibility index (Phi) is 5.66. The number of aryl methyl sites for hydroxylation is 1. The van der Waals surface area contributed by atoms with Crippen LogP contribution < -0.4 is 5.43 Å². The second-order valence-corrected chi connectivity index (χ2v) is 8.87. The van der Waals surface area contributed by atoms with E-state index < -0.39 is 20.5 Å². The van der Waals surface area contributed by atoms with E-state index in [0.29, 0.717) is 27.9 Å². The molecule has 1 unspecified atom stereocenters. The van der Waals surface area contributed by atoms with Gasteiger partial charge in [-0.15, -0.1) is 0 Å². The zero-order valence-electron chi connectivity index (χ0n) is 16.4. The van der Waals surface area contributed by atoms with Crippen LogP contribution in [0.3, 0.4) is 0 Å². The Bertz CT molecular complexity index is 1290. The molecule has 29 heavy (non-hydrogen) atoms. The summed E-state index contributed by atoms with van der Waals surface area (Å²) in [6.45, 7) is 10.7. The van der Waals surface area contributed by atoms with Crippen LogP contribution in [0.1, 0.15) is 12.6 Å². The lowest BCUT2D eigenvalue weighted by Crippen LogP contribution is -2.25. The molecule has 1 aromatic carbocycles. The van der Waals surface area contributed by atoms with Gasteiger partial charge in [0, 0.05) is 23.6 Å². The maximum Gasteiger partial charge on any atom is 0.201 e. The van der Waals surface area contributed by atoms with E-state index in [-0.39, 0.29) is 5.03 Å². The number of fused-ring (bicyclic) bond motifs is 1. The SMILES string of the molecule is C=C/C=C(\C=C)C(C)S(=O)(=O)c1cc(=O)c2cnc(C)cc2n1-c1ccccc1. The molecule has 2 aromatic heterocycles. The quantitative estimate of drug-likeness (QED) is 0.577. The van der Waals surface area contributed by atoms with Crippen molar-refractivity contribution in [1.82, 2.24) is 9.55 Å². The van der Waals surface area contributed by atoms with Crippen LogP contribution in [-0.4, -0.2) is 23.2 Å². The summed E-state index contributed by atoms with van der Waals surface area (Å²) in [5.41, 5.74) is 1.93. The molecule has 0 fully saturated rings. The molecule has 3 rings (SSSR count). The smallest absolute Gasteiger partial charge is 0.201 e. The van der Waals surface area contributed by atoms with Crippen LogP contribution in [0.5, 0.6) is 0 Å². The third-order valence-electron chi connectivity index (χ3n) is 4.79. The molecule has 5 nitrogen and oxygen atoms in total. The summed E-state index contributed by atoms with van der Waals surface area (Å²) in [7, 11) is -3.92. The Morgan fingerprint density at radius 2 is 1.86 bits per heavy atom. The normalized spacial score (nSPS) is 13.2. The Morgan fingerprint density at radius 3 is 2.48 bits per heavy atom. The van der Waals surface area contributed by atoms with E-state index >= 15 is 0 Å². The number of nitrogens with zero attached hydrogens (tertiary/aromatic N) is 2. The summed E-state index contributed by atoms with van der Waals surface area (Å²) in [6.07, 6.45) is 6.10. The second kappa shape index (κ2) is 8.01. The van der Waals surface area contributed by atoms with Crippen molar-refractivity contribution in [3.8, 4) is 5.69 Å². The molecule has 0 aliphatic heterocycles. The molecule has 1 atom stereocenters. The molecule has 3 aromatic rings. The van der Waals surface area contributed by atoms with Gasteiger partial charge in [0.05, 0.1) is 16.2 Å². The molecule has 0 N–H and O–H groups in total. The minimum atomic E-state index is -3.92. The van der Waals surface area contributed by atoms with Crippen LogP contribution in [0, 0.1) is 6.92 Å². The fourth-order valence-corrected chi connectivity index (χ4v) is 4.84. The van der Waals surface area contributed by atoms with Gasteiger partial charge in [0.15, 0.2) is 5.43 Å². The number of aromatic nitrogens is 2. The minimum Gasteiger partial charge on any atom is -0.300 e. The molecule has 0 aliphatic rings. The first kappa shape index (κ1) is 20.5. The fourth-order valence-electron chi connectivity index (χ4n) is 3.21. The summed E-state index contributed by atoms with van der Waals surface area (Å²) in [4.78, 5) is 17.0. The van der Waals surface area contributed by atoms with Crippen LogP contribution in [-0.2, 0) is 9.84 Å². The van der Waals surface area contributed by atoms with Gasteiger partial charge in [-0.3, -0.25) is 14.3 Å². The zero-order chi connectivity index (χ0) is 21.2. The van der Waals surface area contributed by atoms with E-state index in [2.05, 4.69) is 18.1 Å². The van der Waals surface area contributed by atoms with Crippen molar-refractivity contribution in [2.75, 3.05) is 0 Å². The highest BCUT2D eigenvalue weighted by Crippen LogP contribution is 2.27. The molecular weight excluding hydrogens is 384 g/mol. The first-order chi connectivity index (χ1) is 13.8. The van der Waals surface area contributed by atoms with Gasteiger partial charge in [0.25, 0.3) is 0 Å². The highest BCUT2D eigenvalue weighted by molar-refractivity contribution is 7.92. The molecule has 148 valence electrons. The van der Waals surface area contributed by atoms with Gasteiger partial charge < -0.3 is 0 Å². The van der Waals surface area contributed by atoms with E-state index in [0.717, 1.165) is 0 Å². The molecule has 0 saturated heterocycles. The molecule has 0 spiro atoms. The average molecular weight is 407 g/mol. The van der Waals surface area contributed by atoms with Gasteiger partial charge in [0.2, 0.25) is 9.84 Å². The van der Waals surface area contributed by atoms with Crippen LogP contribution in [0.4, 0.5) is 0 Å². The molecule has 6 heteroatoms. The van der Waals surface area contributed by atoms with Gasteiger partial charge in [-0.05, 0) is 37.6 Å². The van der Waals surface area contributed by atoms with Crippen molar-refractivity contribution in [1.29, 1.82) is 0 Å². The Balaban J connectivity index is 2.45. The number of benzene rings is 1. The van der Waals surface area contributed by atoms with Crippen molar-refractivity contribution < 1.29 is 8.42 Å². The third-order valence-corrected chi connectivity index (χ3v) is 6.87. The first-order valence-corrected chi connectivity index (χ1v) is 10.6. The summed E-state index contributed by atoms with van der Waals surface area (Å²) >= 11 is 0. The average Bonchev–Trinajstić information content (AvgIpc) is 2.71. The van der Waals surface area contributed by atoms with Gasteiger partial charge in [0.1, 0.15) is 5.03 Å². The highest BCUT2D eigenvalue weighted by atomic mass is 32.2. The van der Waals surface area contributed by atoms with Gasteiger partial charge in [-0.2, -0.15) is 0 Å². The van der Waals surface area contributed by atoms with E-state index in [1.807, 2.05) is 18.2 Å². The van der Waals surface area contributed by atoms with Gasteiger partial charge >= 0.3 is 0 Å². The molecule has 2 heterocycles. The molecule has 0 bridgehead atoms. The number of hydrogen-bond acceptors (Lipinski definition) is 4. The summed E-state index contributed by atoms with van der Waals surface area (Å²) in [5, 5.41) is -0.625. The van der Waals surface area contributed by atoms with Crippen LogP contribution in [0.25, 0.3) is 16.6 Å². The van der Waals surface area contributed by atoms with Crippen molar-refractivity contribution in [3.05, 3.63) is 102 Å². The third kappa shape index (κ3) is 3.71. The van der Waals surface area contributed by atoms with Crippen molar-refractivity contribution in [2.24, 2.45) is 0 Å². The number of allylic oxidation sites excluding steroid dienone is 3. The first-order valence-electron chi connectivity index (χ1n) is 9.08. The number of pyridine rings is 2. The highest BCUT2D eigenvalue weighted by Gasteiger charge is 2.30. The molecule has 0 saturated carbocycles. The topological polar surface area (TPSA) is 69.0 Å². The monoisotopic (exact) mass is 406 g/mol. The molecule has 0 aliphatic carbocycles. The lowest BCUT2D eigenvalue weighted by Gasteiger charge is -2.21. The predicted molar refractivity (Wildman–Crippen MR) is 117 cm³/mol. The fraction of sp³-hybridized carbons (Fsp3) is 0.130. The maximum absolute atomic E-state index is 13.6. The lowest BCUT2D eigenvalue weighted by atomic mass is 10.2. The second-order valence-electron chi connectivity index (χ2n) is 6.65. The maximum atomic E-state index is 13.6. The van der Waals surface area contributed by atoms with E-state index in [4.69, 9.17) is 0 Å². The molecule has 0 amide bonds. The predicted octanol–water partition coefficient (Wildman–Crippen LogP) is 4.15. The number of sulfone groups is 1.